The van der Waals surface area contributed by atoms with Gasteiger partial charge in [-0.25, -0.2) is 0 Å². The van der Waals surface area contributed by atoms with Gasteiger partial charge in [-0.3, -0.25) is 0 Å². The second kappa shape index (κ2) is 2.63. The third kappa shape index (κ3) is 1.09. The molecule has 0 radical (unpaired) electrons. The van der Waals surface area contributed by atoms with Crippen LogP contribution >= 0.6 is 0 Å². The molecule has 2 heteroatoms. The number of halogens is 1. The van der Waals surface area contributed by atoms with Gasteiger partial charge in [0.2, 0.25) is 0 Å². The van der Waals surface area contributed by atoms with Crippen molar-refractivity contribution in [2.24, 2.45) is 5.92 Å². The van der Waals surface area contributed by atoms with Gasteiger partial charge in [0.25, 0.3) is 0 Å². The molecule has 0 spiro atoms. The van der Waals surface area contributed by atoms with Gasteiger partial charge in [-0.2, -0.15) is 0 Å². The molecular formula is C8H16IN. The Morgan fingerprint density at radius 3 is 2.00 bits per heavy atom. The maximum absolute atomic E-state index is 2.38. The lowest BCUT2D eigenvalue weighted by atomic mass is 9.80. The van der Waals surface area contributed by atoms with Gasteiger partial charge in [0.15, 0.2) is 0 Å². The molecule has 0 aromatic heterocycles. The van der Waals surface area contributed by atoms with Gasteiger partial charge < -0.3 is 28.5 Å². The van der Waals surface area contributed by atoms with Crippen molar-refractivity contribution in [2.45, 2.75) is 25.3 Å². The Kier molecular flexibility index (Phi) is 2.31. The molecule has 1 aliphatic carbocycles. The molecular weight excluding hydrogens is 237 g/mol. The molecule has 1 heterocycles. The van der Waals surface area contributed by atoms with Crippen LogP contribution in [0.1, 0.15) is 19.3 Å². The molecule has 0 aromatic rings. The SMILES string of the molecule is C[N+]1(C)CCC2CCC21.[I-]. The minimum Gasteiger partial charge on any atom is -1.00 e. The first-order valence-corrected chi connectivity index (χ1v) is 4.03. The van der Waals surface area contributed by atoms with Gasteiger partial charge in [-0.15, -0.1) is 0 Å². The van der Waals surface area contributed by atoms with E-state index in [-0.39, 0.29) is 24.0 Å². The van der Waals surface area contributed by atoms with E-state index in [2.05, 4.69) is 14.1 Å². The highest BCUT2D eigenvalue weighted by molar-refractivity contribution is 4.85. The predicted octanol–water partition coefficient (Wildman–Crippen LogP) is -1.75. The smallest absolute Gasteiger partial charge is 0.0917 e. The third-order valence-corrected chi connectivity index (χ3v) is 3.35. The number of hydrogen-bond acceptors (Lipinski definition) is 0. The zero-order valence-corrected chi connectivity index (χ0v) is 8.97. The fourth-order valence-corrected chi connectivity index (χ4v) is 2.47. The summed E-state index contributed by atoms with van der Waals surface area (Å²) < 4.78 is 1.31. The highest BCUT2D eigenvalue weighted by Gasteiger charge is 2.48. The molecule has 2 rings (SSSR count). The zero-order chi connectivity index (χ0) is 6.48. The molecule has 2 atom stereocenters. The van der Waals surface area contributed by atoms with Crippen molar-refractivity contribution >= 4 is 0 Å². The van der Waals surface area contributed by atoms with Crippen molar-refractivity contribution in [3.8, 4) is 0 Å². The van der Waals surface area contributed by atoms with Crippen molar-refractivity contribution < 1.29 is 28.5 Å². The highest BCUT2D eigenvalue weighted by Crippen LogP contribution is 2.42. The Bertz CT molecular complexity index is 133. The lowest BCUT2D eigenvalue weighted by Crippen LogP contribution is -3.00. The van der Waals surface area contributed by atoms with E-state index in [1.165, 1.54) is 30.3 Å². The van der Waals surface area contributed by atoms with Crippen LogP contribution in [0.25, 0.3) is 0 Å². The lowest BCUT2D eigenvalue weighted by Gasteiger charge is -2.39. The van der Waals surface area contributed by atoms with E-state index in [0.29, 0.717) is 0 Å². The first-order valence-electron chi connectivity index (χ1n) is 4.03. The van der Waals surface area contributed by atoms with Crippen LogP contribution in [-0.4, -0.2) is 31.2 Å². The van der Waals surface area contributed by atoms with Crippen molar-refractivity contribution in [2.75, 3.05) is 20.6 Å². The summed E-state index contributed by atoms with van der Waals surface area (Å²) in [7, 11) is 4.76. The predicted molar refractivity (Wildman–Crippen MR) is 38.1 cm³/mol. The van der Waals surface area contributed by atoms with E-state index in [4.69, 9.17) is 0 Å². The Labute approximate surface area is 80.4 Å². The van der Waals surface area contributed by atoms with E-state index < -0.39 is 0 Å². The summed E-state index contributed by atoms with van der Waals surface area (Å²) in [6, 6.07) is 1.05. The van der Waals surface area contributed by atoms with Gasteiger partial charge in [0.05, 0.1) is 26.7 Å². The van der Waals surface area contributed by atoms with Crippen LogP contribution in [0.3, 0.4) is 0 Å². The van der Waals surface area contributed by atoms with Gasteiger partial charge >= 0.3 is 0 Å². The fourth-order valence-electron chi connectivity index (χ4n) is 2.47. The summed E-state index contributed by atoms with van der Waals surface area (Å²) >= 11 is 0. The van der Waals surface area contributed by atoms with Crippen LogP contribution in [0.2, 0.25) is 0 Å². The van der Waals surface area contributed by atoms with Crippen molar-refractivity contribution in [1.82, 2.24) is 0 Å². The average Bonchev–Trinajstić information content (AvgIpc) is 1.74. The minimum absolute atomic E-state index is 0. The Morgan fingerprint density at radius 2 is 1.80 bits per heavy atom. The number of likely N-dealkylation sites (tertiary alicyclic amines) is 1. The maximum Gasteiger partial charge on any atom is 0.0917 e. The molecule has 60 valence electrons. The van der Waals surface area contributed by atoms with Crippen molar-refractivity contribution in [3.05, 3.63) is 0 Å². The van der Waals surface area contributed by atoms with Crippen LogP contribution in [0.5, 0.6) is 0 Å². The molecule has 2 unspecified atom stereocenters. The van der Waals surface area contributed by atoms with Gasteiger partial charge in [-0.05, 0) is 6.42 Å². The molecule has 10 heavy (non-hydrogen) atoms. The van der Waals surface area contributed by atoms with Crippen LogP contribution in [0.15, 0.2) is 0 Å². The number of fused-ring (bicyclic) bond motifs is 1. The average molecular weight is 253 g/mol. The van der Waals surface area contributed by atoms with Gasteiger partial charge in [0.1, 0.15) is 0 Å². The fraction of sp³-hybridized carbons (Fsp3) is 1.00. The van der Waals surface area contributed by atoms with Crippen LogP contribution < -0.4 is 24.0 Å². The first kappa shape index (κ1) is 8.78. The summed E-state index contributed by atoms with van der Waals surface area (Å²) in [5.74, 6) is 1.11. The third-order valence-electron chi connectivity index (χ3n) is 3.35. The van der Waals surface area contributed by atoms with Crippen LogP contribution in [-0.2, 0) is 0 Å². The molecule has 1 saturated carbocycles. The molecule has 0 N–H and O–H groups in total. The molecule has 2 aliphatic rings. The summed E-state index contributed by atoms with van der Waals surface area (Å²) in [6.45, 7) is 1.43. The quantitative estimate of drug-likeness (QED) is 0.355. The molecule has 0 aromatic carbocycles. The molecule has 0 amide bonds. The number of nitrogens with zero attached hydrogens (tertiary/aromatic N) is 1. The lowest BCUT2D eigenvalue weighted by molar-refractivity contribution is -0.908. The minimum atomic E-state index is 0. The van der Waals surface area contributed by atoms with E-state index in [0.717, 1.165) is 12.0 Å². The second-order valence-corrected chi connectivity index (χ2v) is 4.20. The number of quaternary nitrogens is 1. The summed E-state index contributed by atoms with van der Waals surface area (Å²) in [5.41, 5.74) is 0. The Morgan fingerprint density at radius 1 is 1.10 bits per heavy atom. The molecule has 2 fully saturated rings. The maximum atomic E-state index is 2.38. The largest absolute Gasteiger partial charge is 1.00 e. The topological polar surface area (TPSA) is 0 Å². The summed E-state index contributed by atoms with van der Waals surface area (Å²) in [5, 5.41) is 0. The number of rotatable bonds is 0. The number of hydrogen-bond donors (Lipinski definition) is 0. The summed E-state index contributed by atoms with van der Waals surface area (Å²) in [6.07, 6.45) is 4.52. The Hall–Kier alpha value is 0.690. The van der Waals surface area contributed by atoms with E-state index >= 15 is 0 Å². The van der Waals surface area contributed by atoms with Crippen LogP contribution in [0.4, 0.5) is 0 Å². The Balaban J connectivity index is 0.000000500. The molecule has 1 saturated heterocycles. The molecule has 1 aliphatic heterocycles. The van der Waals surface area contributed by atoms with Gasteiger partial charge in [-0.1, -0.05) is 0 Å². The molecule has 1 nitrogen and oxygen atoms in total. The first-order chi connectivity index (χ1) is 4.20. The van der Waals surface area contributed by atoms with Gasteiger partial charge in [0, 0.05) is 18.8 Å². The molecule has 0 bridgehead atoms. The second-order valence-electron chi connectivity index (χ2n) is 4.20. The van der Waals surface area contributed by atoms with E-state index in [1.807, 2.05) is 0 Å². The normalized spacial score (nSPS) is 41.4. The standard InChI is InChI=1S/C8H16N.HI/c1-9(2)6-5-7-3-4-8(7)9;/h7-8H,3-6H2,1-2H3;1H/q+1;/p-1. The van der Waals surface area contributed by atoms with E-state index in [1.54, 1.807) is 0 Å². The monoisotopic (exact) mass is 253 g/mol. The van der Waals surface area contributed by atoms with E-state index in [9.17, 15) is 0 Å². The summed E-state index contributed by atoms with van der Waals surface area (Å²) in [4.78, 5) is 0. The zero-order valence-electron chi connectivity index (χ0n) is 6.81. The highest BCUT2D eigenvalue weighted by atomic mass is 127. The van der Waals surface area contributed by atoms with Crippen LogP contribution in [0, 0.1) is 5.92 Å². The van der Waals surface area contributed by atoms with Crippen molar-refractivity contribution in [3.63, 3.8) is 0 Å². The van der Waals surface area contributed by atoms with Crippen molar-refractivity contribution in [1.29, 1.82) is 0 Å².